The molecule has 4 heteroatoms. The maximum atomic E-state index is 9.12. The fraction of sp³-hybridized carbons (Fsp3) is 0.462. The first-order chi connectivity index (χ1) is 8.26. The van der Waals surface area contributed by atoms with Crippen LogP contribution in [-0.2, 0) is 4.74 Å². The summed E-state index contributed by atoms with van der Waals surface area (Å²) in [5, 5.41) is 9.12. The van der Waals surface area contributed by atoms with E-state index in [1.165, 1.54) is 0 Å². The average molecular weight is 232 g/mol. The summed E-state index contributed by atoms with van der Waals surface area (Å²) in [6.45, 7) is 1.51. The molecule has 0 radical (unpaired) electrons. The van der Waals surface area contributed by atoms with Gasteiger partial charge >= 0.3 is 0 Å². The van der Waals surface area contributed by atoms with Crippen LogP contribution in [0.3, 0.4) is 0 Å². The lowest BCUT2D eigenvalue weighted by molar-refractivity contribution is 0.193. The third-order valence-corrected chi connectivity index (χ3v) is 3.16. The van der Waals surface area contributed by atoms with Crippen molar-refractivity contribution in [3.63, 3.8) is 0 Å². The predicted molar refractivity (Wildman–Crippen MR) is 65.3 cm³/mol. The lowest BCUT2D eigenvalue weighted by atomic mass is 10.1. The normalized spacial score (nSPS) is 18.8. The fourth-order valence-electron chi connectivity index (χ4n) is 2.05. The molecule has 1 aliphatic heterocycles. The van der Waals surface area contributed by atoms with Crippen LogP contribution in [0.5, 0.6) is 5.75 Å². The molecule has 0 spiro atoms. The number of nitriles is 1. The Kier molecular flexibility index (Phi) is 3.50. The van der Waals surface area contributed by atoms with E-state index in [-0.39, 0.29) is 0 Å². The zero-order valence-electron chi connectivity index (χ0n) is 10.1. The van der Waals surface area contributed by atoms with Crippen molar-refractivity contribution in [3.8, 4) is 11.8 Å². The van der Waals surface area contributed by atoms with Crippen molar-refractivity contribution in [2.75, 3.05) is 32.3 Å². The van der Waals surface area contributed by atoms with E-state index in [1.807, 2.05) is 13.1 Å². The summed E-state index contributed by atoms with van der Waals surface area (Å²) < 4.78 is 10.6. The molecule has 0 N–H and O–H groups in total. The third kappa shape index (κ3) is 2.34. The van der Waals surface area contributed by atoms with Gasteiger partial charge in [-0.25, -0.2) is 0 Å². The van der Waals surface area contributed by atoms with E-state index in [0.717, 1.165) is 31.1 Å². The second-order valence-electron chi connectivity index (χ2n) is 4.12. The van der Waals surface area contributed by atoms with E-state index in [2.05, 4.69) is 11.0 Å². The number of hydrogen-bond donors (Lipinski definition) is 0. The molecule has 2 rings (SSSR count). The smallest absolute Gasteiger partial charge is 0.121 e. The largest absolute Gasteiger partial charge is 0.497 e. The average Bonchev–Trinajstić information content (AvgIpc) is 2.91. The Labute approximate surface area is 101 Å². The van der Waals surface area contributed by atoms with Crippen molar-refractivity contribution in [2.24, 2.45) is 0 Å². The number of ether oxygens (including phenoxy) is 2. The molecular formula is C13H16N2O2. The Balaban J connectivity index is 2.31. The van der Waals surface area contributed by atoms with Gasteiger partial charge in [-0.05, 0) is 18.6 Å². The van der Waals surface area contributed by atoms with Crippen molar-refractivity contribution in [2.45, 2.75) is 12.5 Å². The standard InChI is InChI=1S/C13H16N2O2/c1-15(11-5-6-17-9-11)13-7-12(16-2)4-3-10(13)8-14/h3-4,7,11H,5-6,9H2,1-2H3. The van der Waals surface area contributed by atoms with Gasteiger partial charge in [-0.15, -0.1) is 0 Å². The molecule has 1 unspecified atom stereocenters. The van der Waals surface area contributed by atoms with Gasteiger partial charge in [0.25, 0.3) is 0 Å². The maximum absolute atomic E-state index is 9.12. The van der Waals surface area contributed by atoms with Gasteiger partial charge in [-0.3, -0.25) is 0 Å². The molecule has 1 fully saturated rings. The number of likely N-dealkylation sites (N-methyl/N-ethyl adjacent to an activating group) is 1. The monoisotopic (exact) mass is 232 g/mol. The van der Waals surface area contributed by atoms with E-state index in [4.69, 9.17) is 14.7 Å². The Hall–Kier alpha value is -1.73. The van der Waals surface area contributed by atoms with Crippen LogP contribution in [0.4, 0.5) is 5.69 Å². The summed E-state index contributed by atoms with van der Waals surface area (Å²) in [6, 6.07) is 8.05. The highest BCUT2D eigenvalue weighted by molar-refractivity contribution is 5.62. The quantitative estimate of drug-likeness (QED) is 0.797. The number of hydrogen-bond acceptors (Lipinski definition) is 4. The van der Waals surface area contributed by atoms with Crippen molar-refractivity contribution in [1.82, 2.24) is 0 Å². The van der Waals surface area contributed by atoms with Gasteiger partial charge in [0, 0.05) is 19.7 Å². The predicted octanol–water partition coefficient (Wildman–Crippen LogP) is 1.79. The highest BCUT2D eigenvalue weighted by atomic mass is 16.5. The first-order valence-electron chi connectivity index (χ1n) is 5.65. The molecule has 1 saturated heterocycles. The topological polar surface area (TPSA) is 45.5 Å². The summed E-state index contributed by atoms with van der Waals surface area (Å²) in [7, 11) is 3.62. The Morgan fingerprint density at radius 3 is 2.94 bits per heavy atom. The SMILES string of the molecule is COc1ccc(C#N)c(N(C)C2CCOC2)c1. The molecule has 0 aliphatic carbocycles. The number of nitrogens with zero attached hydrogens (tertiary/aromatic N) is 2. The van der Waals surface area contributed by atoms with Crippen LogP contribution < -0.4 is 9.64 Å². The summed E-state index contributed by atoms with van der Waals surface area (Å²) in [5.41, 5.74) is 1.57. The summed E-state index contributed by atoms with van der Waals surface area (Å²) in [6.07, 6.45) is 0.999. The number of benzene rings is 1. The molecule has 90 valence electrons. The lowest BCUT2D eigenvalue weighted by Crippen LogP contribution is -2.32. The van der Waals surface area contributed by atoms with Crippen LogP contribution in [0.25, 0.3) is 0 Å². The van der Waals surface area contributed by atoms with Gasteiger partial charge in [0.2, 0.25) is 0 Å². The van der Waals surface area contributed by atoms with Crippen LogP contribution >= 0.6 is 0 Å². The lowest BCUT2D eigenvalue weighted by Gasteiger charge is -2.26. The van der Waals surface area contributed by atoms with Crippen molar-refractivity contribution in [1.29, 1.82) is 5.26 Å². The first-order valence-corrected chi connectivity index (χ1v) is 5.65. The Bertz CT molecular complexity index is 434. The van der Waals surface area contributed by atoms with Crippen LogP contribution in [0.15, 0.2) is 18.2 Å². The molecule has 0 saturated carbocycles. The second kappa shape index (κ2) is 5.07. The molecule has 0 bridgehead atoms. The summed E-state index contributed by atoms with van der Waals surface area (Å²) >= 11 is 0. The van der Waals surface area contributed by atoms with Crippen LogP contribution in [0.2, 0.25) is 0 Å². The third-order valence-electron chi connectivity index (χ3n) is 3.16. The summed E-state index contributed by atoms with van der Waals surface area (Å²) in [5.74, 6) is 0.768. The van der Waals surface area contributed by atoms with Gasteiger partial charge < -0.3 is 14.4 Å². The van der Waals surface area contributed by atoms with Crippen molar-refractivity contribution >= 4 is 5.69 Å². The van der Waals surface area contributed by atoms with Crippen LogP contribution in [-0.4, -0.2) is 33.4 Å². The molecule has 0 amide bonds. The van der Waals surface area contributed by atoms with Crippen molar-refractivity contribution < 1.29 is 9.47 Å². The minimum absolute atomic E-state index is 0.342. The minimum atomic E-state index is 0.342. The van der Waals surface area contributed by atoms with Crippen LogP contribution in [0, 0.1) is 11.3 Å². The fourth-order valence-corrected chi connectivity index (χ4v) is 2.05. The van der Waals surface area contributed by atoms with Gasteiger partial charge in [-0.1, -0.05) is 0 Å². The molecule has 1 aromatic rings. The van der Waals surface area contributed by atoms with Gasteiger partial charge in [0.05, 0.1) is 31.0 Å². The highest BCUT2D eigenvalue weighted by Gasteiger charge is 2.22. The number of anilines is 1. The molecule has 0 aromatic heterocycles. The highest BCUT2D eigenvalue weighted by Crippen LogP contribution is 2.28. The van der Waals surface area contributed by atoms with Gasteiger partial charge in [-0.2, -0.15) is 5.26 Å². The summed E-state index contributed by atoms with van der Waals surface area (Å²) in [4.78, 5) is 2.11. The molecular weight excluding hydrogens is 216 g/mol. The maximum Gasteiger partial charge on any atom is 0.121 e. The Morgan fingerprint density at radius 1 is 1.53 bits per heavy atom. The molecule has 1 aromatic carbocycles. The van der Waals surface area contributed by atoms with E-state index < -0.39 is 0 Å². The van der Waals surface area contributed by atoms with Gasteiger partial charge in [0.1, 0.15) is 11.8 Å². The van der Waals surface area contributed by atoms with E-state index in [1.54, 1.807) is 19.2 Å². The van der Waals surface area contributed by atoms with Crippen molar-refractivity contribution in [3.05, 3.63) is 23.8 Å². The molecule has 1 atom stereocenters. The first kappa shape index (κ1) is 11.7. The minimum Gasteiger partial charge on any atom is -0.497 e. The van der Waals surface area contributed by atoms with E-state index in [9.17, 15) is 0 Å². The molecule has 1 heterocycles. The van der Waals surface area contributed by atoms with E-state index in [0.29, 0.717) is 11.6 Å². The zero-order chi connectivity index (χ0) is 12.3. The number of methoxy groups -OCH3 is 1. The zero-order valence-corrected chi connectivity index (χ0v) is 10.1. The van der Waals surface area contributed by atoms with Crippen LogP contribution in [0.1, 0.15) is 12.0 Å². The van der Waals surface area contributed by atoms with Gasteiger partial charge in [0.15, 0.2) is 0 Å². The Morgan fingerprint density at radius 2 is 2.35 bits per heavy atom. The molecule has 4 nitrogen and oxygen atoms in total. The molecule has 17 heavy (non-hydrogen) atoms. The molecule has 1 aliphatic rings. The second-order valence-corrected chi connectivity index (χ2v) is 4.12. The number of rotatable bonds is 3. The van der Waals surface area contributed by atoms with E-state index >= 15 is 0 Å².